The third-order valence-electron chi connectivity index (χ3n) is 0.902. The lowest BCUT2D eigenvalue weighted by molar-refractivity contribution is 0.574. The first kappa shape index (κ1) is 7.82. The SMILES string of the molecule is C[Si](C)(C)Oc1cccs1. The van der Waals surface area contributed by atoms with Crippen LogP contribution in [0.15, 0.2) is 17.5 Å². The van der Waals surface area contributed by atoms with Crippen molar-refractivity contribution in [1.29, 1.82) is 0 Å². The highest BCUT2D eigenvalue weighted by Crippen LogP contribution is 2.21. The zero-order valence-electron chi connectivity index (χ0n) is 6.55. The largest absolute Gasteiger partial charge is 0.537 e. The summed E-state index contributed by atoms with van der Waals surface area (Å²) in [7, 11) is -1.35. The lowest BCUT2D eigenvalue weighted by atomic mass is 10.7. The molecule has 0 aliphatic heterocycles. The van der Waals surface area contributed by atoms with Crippen molar-refractivity contribution in [2.45, 2.75) is 19.6 Å². The Morgan fingerprint density at radius 1 is 1.40 bits per heavy atom. The van der Waals surface area contributed by atoms with Crippen molar-refractivity contribution in [1.82, 2.24) is 0 Å². The molecular weight excluding hydrogens is 160 g/mol. The lowest BCUT2D eigenvalue weighted by Gasteiger charge is -2.16. The third kappa shape index (κ3) is 2.54. The standard InChI is InChI=1S/C7H12OSSi/c1-10(2,3)8-7-5-4-6-9-7/h4-6H,1-3H3. The van der Waals surface area contributed by atoms with Crippen LogP contribution in [0.5, 0.6) is 5.06 Å². The lowest BCUT2D eigenvalue weighted by Crippen LogP contribution is -2.28. The Morgan fingerprint density at radius 2 is 2.10 bits per heavy atom. The van der Waals surface area contributed by atoms with Gasteiger partial charge in [0.1, 0.15) is 0 Å². The number of rotatable bonds is 2. The second-order valence-electron chi connectivity index (χ2n) is 3.15. The summed E-state index contributed by atoms with van der Waals surface area (Å²) in [5, 5.41) is 3.09. The van der Waals surface area contributed by atoms with Crippen LogP contribution in [-0.2, 0) is 0 Å². The molecule has 1 heterocycles. The Balaban J connectivity index is 2.57. The van der Waals surface area contributed by atoms with Crippen LogP contribution in [0.4, 0.5) is 0 Å². The summed E-state index contributed by atoms with van der Waals surface area (Å²) in [6.45, 7) is 6.56. The van der Waals surface area contributed by atoms with Gasteiger partial charge in [-0.1, -0.05) is 0 Å². The predicted molar refractivity (Wildman–Crippen MR) is 48.3 cm³/mol. The van der Waals surface area contributed by atoms with E-state index in [0.717, 1.165) is 5.06 Å². The average Bonchev–Trinajstić information content (AvgIpc) is 2.12. The minimum absolute atomic E-state index is 1.05. The molecule has 0 amide bonds. The molecule has 0 aromatic carbocycles. The Bertz CT molecular complexity index is 188. The minimum Gasteiger partial charge on any atom is -0.537 e. The highest BCUT2D eigenvalue weighted by atomic mass is 32.1. The molecule has 0 saturated carbocycles. The molecule has 0 atom stereocenters. The third-order valence-corrected chi connectivity index (χ3v) is 2.63. The van der Waals surface area contributed by atoms with Gasteiger partial charge in [-0.25, -0.2) is 0 Å². The molecular formula is C7H12OSSi. The van der Waals surface area contributed by atoms with E-state index in [0.29, 0.717) is 0 Å². The first-order valence-corrected chi connectivity index (χ1v) is 7.59. The summed E-state index contributed by atoms with van der Waals surface area (Å²) >= 11 is 1.66. The summed E-state index contributed by atoms with van der Waals surface area (Å²) in [4.78, 5) is 0. The average molecular weight is 172 g/mol. The van der Waals surface area contributed by atoms with Gasteiger partial charge in [0.15, 0.2) is 5.06 Å². The van der Waals surface area contributed by atoms with Crippen LogP contribution in [0.25, 0.3) is 0 Å². The van der Waals surface area contributed by atoms with E-state index in [9.17, 15) is 0 Å². The highest BCUT2D eigenvalue weighted by molar-refractivity contribution is 7.12. The fraction of sp³-hybridized carbons (Fsp3) is 0.429. The van der Waals surface area contributed by atoms with E-state index in [1.165, 1.54) is 0 Å². The van der Waals surface area contributed by atoms with Gasteiger partial charge < -0.3 is 4.43 Å². The summed E-state index contributed by atoms with van der Waals surface area (Å²) in [6.07, 6.45) is 0. The second-order valence-corrected chi connectivity index (χ2v) is 8.49. The molecule has 0 saturated heterocycles. The van der Waals surface area contributed by atoms with Gasteiger partial charge in [-0.2, -0.15) is 0 Å². The van der Waals surface area contributed by atoms with Crippen molar-refractivity contribution in [2.24, 2.45) is 0 Å². The van der Waals surface area contributed by atoms with Crippen LogP contribution >= 0.6 is 11.3 Å². The molecule has 0 radical (unpaired) electrons. The number of hydrogen-bond donors (Lipinski definition) is 0. The van der Waals surface area contributed by atoms with E-state index in [-0.39, 0.29) is 0 Å². The summed E-state index contributed by atoms with van der Waals surface area (Å²) < 4.78 is 5.70. The van der Waals surface area contributed by atoms with E-state index < -0.39 is 8.32 Å². The molecule has 0 unspecified atom stereocenters. The Kier molecular flexibility index (Phi) is 2.16. The summed E-state index contributed by atoms with van der Waals surface area (Å²) in [5.41, 5.74) is 0. The zero-order chi connectivity index (χ0) is 7.61. The summed E-state index contributed by atoms with van der Waals surface area (Å²) in [5.74, 6) is 0. The Morgan fingerprint density at radius 3 is 2.50 bits per heavy atom. The molecule has 0 spiro atoms. The van der Waals surface area contributed by atoms with Crippen LogP contribution in [0, 0.1) is 0 Å². The van der Waals surface area contributed by atoms with Crippen molar-refractivity contribution < 1.29 is 4.43 Å². The van der Waals surface area contributed by atoms with Gasteiger partial charge in [0.2, 0.25) is 8.32 Å². The zero-order valence-corrected chi connectivity index (χ0v) is 8.37. The van der Waals surface area contributed by atoms with Gasteiger partial charge in [-0.05, 0) is 37.2 Å². The fourth-order valence-electron chi connectivity index (χ4n) is 0.623. The first-order chi connectivity index (χ1) is 4.58. The fourth-order valence-corrected chi connectivity index (χ4v) is 2.69. The number of thiophene rings is 1. The summed E-state index contributed by atoms with van der Waals surface area (Å²) in [6, 6.07) is 4.03. The molecule has 10 heavy (non-hydrogen) atoms. The van der Waals surface area contributed by atoms with Gasteiger partial charge in [-0.15, -0.1) is 11.3 Å². The highest BCUT2D eigenvalue weighted by Gasteiger charge is 2.16. The molecule has 0 fully saturated rings. The quantitative estimate of drug-likeness (QED) is 0.623. The van der Waals surface area contributed by atoms with Crippen molar-refractivity contribution in [3.63, 3.8) is 0 Å². The Hall–Kier alpha value is -0.283. The molecule has 1 aromatic heterocycles. The van der Waals surface area contributed by atoms with Crippen molar-refractivity contribution >= 4 is 19.7 Å². The molecule has 0 aliphatic rings. The molecule has 1 nitrogen and oxygen atoms in total. The van der Waals surface area contributed by atoms with E-state index in [1.807, 2.05) is 17.5 Å². The smallest absolute Gasteiger partial charge is 0.243 e. The maximum absolute atomic E-state index is 5.70. The molecule has 1 rings (SSSR count). The van der Waals surface area contributed by atoms with Crippen LogP contribution in [0.1, 0.15) is 0 Å². The normalized spacial score (nSPS) is 11.5. The molecule has 0 bridgehead atoms. The molecule has 3 heteroatoms. The monoisotopic (exact) mass is 172 g/mol. The van der Waals surface area contributed by atoms with Gasteiger partial charge in [0.05, 0.1) is 0 Å². The molecule has 0 aliphatic carbocycles. The van der Waals surface area contributed by atoms with Crippen LogP contribution in [-0.4, -0.2) is 8.32 Å². The van der Waals surface area contributed by atoms with Gasteiger partial charge in [0, 0.05) is 0 Å². The molecule has 56 valence electrons. The van der Waals surface area contributed by atoms with Crippen LogP contribution in [0.2, 0.25) is 19.6 Å². The maximum Gasteiger partial charge on any atom is 0.243 e. The van der Waals surface area contributed by atoms with E-state index in [1.54, 1.807) is 11.3 Å². The van der Waals surface area contributed by atoms with Gasteiger partial charge in [0.25, 0.3) is 0 Å². The maximum atomic E-state index is 5.70. The van der Waals surface area contributed by atoms with Crippen molar-refractivity contribution in [2.75, 3.05) is 0 Å². The van der Waals surface area contributed by atoms with E-state index in [2.05, 4.69) is 19.6 Å². The number of hydrogen-bond acceptors (Lipinski definition) is 2. The van der Waals surface area contributed by atoms with Crippen LogP contribution < -0.4 is 4.43 Å². The molecule has 1 aromatic rings. The van der Waals surface area contributed by atoms with Crippen molar-refractivity contribution in [3.8, 4) is 5.06 Å². The van der Waals surface area contributed by atoms with Crippen molar-refractivity contribution in [3.05, 3.63) is 17.5 Å². The topological polar surface area (TPSA) is 9.23 Å². The van der Waals surface area contributed by atoms with Gasteiger partial charge in [-0.3, -0.25) is 0 Å². The van der Waals surface area contributed by atoms with Gasteiger partial charge >= 0.3 is 0 Å². The van der Waals surface area contributed by atoms with E-state index >= 15 is 0 Å². The first-order valence-electron chi connectivity index (χ1n) is 3.30. The minimum atomic E-state index is -1.35. The second kappa shape index (κ2) is 2.76. The van der Waals surface area contributed by atoms with E-state index in [4.69, 9.17) is 4.43 Å². The molecule has 0 N–H and O–H groups in total. The van der Waals surface area contributed by atoms with Crippen LogP contribution in [0.3, 0.4) is 0 Å². The predicted octanol–water partition coefficient (Wildman–Crippen LogP) is 2.96. The Labute approximate surface area is 66.8 Å².